The Hall–Kier alpha value is -1.50. The summed E-state index contributed by atoms with van der Waals surface area (Å²) in [7, 11) is 0. The minimum Gasteiger partial charge on any atom is -0.477 e. The first-order valence-electron chi connectivity index (χ1n) is 3.58. The Morgan fingerprint density at radius 1 is 1.57 bits per heavy atom. The summed E-state index contributed by atoms with van der Waals surface area (Å²) in [6.07, 6.45) is -4.68. The number of carboxylic acid groups (broad SMARTS) is 1. The SMILES string of the molecule is NCc1cc(C(F)(F)F)c(C(=O)O)[nH]1. The molecule has 0 aliphatic rings. The topological polar surface area (TPSA) is 79.1 Å². The van der Waals surface area contributed by atoms with Gasteiger partial charge in [0.1, 0.15) is 5.69 Å². The molecule has 0 unspecified atom stereocenters. The summed E-state index contributed by atoms with van der Waals surface area (Å²) in [5.74, 6) is -1.66. The van der Waals surface area contributed by atoms with Crippen molar-refractivity contribution in [1.29, 1.82) is 0 Å². The highest BCUT2D eigenvalue weighted by Crippen LogP contribution is 2.32. The molecule has 0 bridgehead atoms. The number of hydrogen-bond acceptors (Lipinski definition) is 2. The summed E-state index contributed by atoms with van der Waals surface area (Å²) in [4.78, 5) is 12.5. The van der Waals surface area contributed by atoms with Crippen LogP contribution >= 0.6 is 0 Å². The quantitative estimate of drug-likeness (QED) is 0.682. The maximum atomic E-state index is 12.2. The average Bonchev–Trinajstić information content (AvgIpc) is 2.46. The number of H-pyrrole nitrogens is 1. The highest BCUT2D eigenvalue weighted by Gasteiger charge is 2.37. The van der Waals surface area contributed by atoms with Gasteiger partial charge in [0, 0.05) is 12.2 Å². The monoisotopic (exact) mass is 208 g/mol. The van der Waals surface area contributed by atoms with Gasteiger partial charge in [0.2, 0.25) is 0 Å². The summed E-state index contributed by atoms with van der Waals surface area (Å²) in [6.45, 7) is -0.170. The van der Waals surface area contributed by atoms with Crippen LogP contribution in [0.4, 0.5) is 13.2 Å². The number of rotatable bonds is 2. The van der Waals surface area contributed by atoms with Crippen molar-refractivity contribution in [1.82, 2.24) is 4.98 Å². The van der Waals surface area contributed by atoms with Crippen LogP contribution < -0.4 is 5.73 Å². The molecule has 14 heavy (non-hydrogen) atoms. The van der Waals surface area contributed by atoms with Gasteiger partial charge in [-0.05, 0) is 6.07 Å². The van der Waals surface area contributed by atoms with Gasteiger partial charge < -0.3 is 15.8 Å². The van der Waals surface area contributed by atoms with Crippen molar-refractivity contribution in [2.24, 2.45) is 5.73 Å². The van der Waals surface area contributed by atoms with Crippen molar-refractivity contribution in [2.75, 3.05) is 0 Å². The summed E-state index contributed by atoms with van der Waals surface area (Å²) < 4.78 is 36.7. The fourth-order valence-electron chi connectivity index (χ4n) is 1.01. The summed E-state index contributed by atoms with van der Waals surface area (Å²) >= 11 is 0. The molecule has 0 fully saturated rings. The van der Waals surface area contributed by atoms with Gasteiger partial charge in [0.15, 0.2) is 0 Å². The molecule has 0 aliphatic heterocycles. The molecular weight excluding hydrogens is 201 g/mol. The molecule has 7 heteroatoms. The lowest BCUT2D eigenvalue weighted by Crippen LogP contribution is -2.10. The molecule has 4 nitrogen and oxygen atoms in total. The summed E-state index contributed by atoms with van der Waals surface area (Å²) in [5, 5.41) is 8.47. The average molecular weight is 208 g/mol. The standard InChI is InChI=1S/C7H7F3N2O2/c8-7(9,10)4-1-3(2-11)12-5(4)6(13)14/h1,12H,2,11H2,(H,13,14). The van der Waals surface area contributed by atoms with E-state index in [9.17, 15) is 18.0 Å². The molecule has 1 heterocycles. The van der Waals surface area contributed by atoms with Crippen LogP contribution in [0.2, 0.25) is 0 Å². The number of hydrogen-bond donors (Lipinski definition) is 3. The van der Waals surface area contributed by atoms with Gasteiger partial charge in [-0.15, -0.1) is 0 Å². The lowest BCUT2D eigenvalue weighted by molar-refractivity contribution is -0.138. The van der Waals surface area contributed by atoms with Crippen LogP contribution in [0.5, 0.6) is 0 Å². The molecule has 78 valence electrons. The molecule has 0 atom stereocenters. The van der Waals surface area contributed by atoms with Crippen molar-refractivity contribution < 1.29 is 23.1 Å². The maximum absolute atomic E-state index is 12.2. The third-order valence-corrected chi connectivity index (χ3v) is 1.61. The number of alkyl halides is 3. The van der Waals surface area contributed by atoms with E-state index in [0.29, 0.717) is 6.07 Å². The third-order valence-electron chi connectivity index (χ3n) is 1.61. The van der Waals surface area contributed by atoms with E-state index in [2.05, 4.69) is 4.98 Å². The zero-order chi connectivity index (χ0) is 10.9. The molecule has 0 amide bonds. The largest absolute Gasteiger partial charge is 0.477 e. The van der Waals surface area contributed by atoms with Crippen LogP contribution in [0.3, 0.4) is 0 Å². The first-order chi connectivity index (χ1) is 6.36. The minimum absolute atomic E-state index is 0.0368. The van der Waals surface area contributed by atoms with Gasteiger partial charge in [-0.1, -0.05) is 0 Å². The van der Waals surface area contributed by atoms with Gasteiger partial charge in [0.25, 0.3) is 0 Å². The predicted molar refractivity (Wildman–Crippen MR) is 40.6 cm³/mol. The number of carboxylic acids is 1. The molecule has 0 radical (unpaired) electrons. The zero-order valence-corrected chi connectivity index (χ0v) is 6.85. The second kappa shape index (κ2) is 3.33. The van der Waals surface area contributed by atoms with Crippen molar-refractivity contribution in [3.63, 3.8) is 0 Å². The predicted octanol–water partition coefficient (Wildman–Crippen LogP) is 1.19. The van der Waals surface area contributed by atoms with Crippen molar-refractivity contribution in [3.05, 3.63) is 23.0 Å². The summed E-state index contributed by atoms with van der Waals surface area (Å²) in [5.41, 5.74) is 3.04. The van der Waals surface area contributed by atoms with Crippen LogP contribution in [-0.2, 0) is 12.7 Å². The molecule has 0 spiro atoms. The Bertz CT molecular complexity index is 356. The van der Waals surface area contributed by atoms with Gasteiger partial charge >= 0.3 is 12.1 Å². The number of nitrogens with one attached hydrogen (secondary N) is 1. The van der Waals surface area contributed by atoms with Crippen LogP contribution in [0.1, 0.15) is 21.7 Å². The van der Waals surface area contributed by atoms with Gasteiger partial charge in [0.05, 0.1) is 5.56 Å². The van der Waals surface area contributed by atoms with E-state index in [4.69, 9.17) is 10.8 Å². The zero-order valence-electron chi connectivity index (χ0n) is 6.85. The molecular formula is C7H7F3N2O2. The van der Waals surface area contributed by atoms with E-state index in [1.54, 1.807) is 0 Å². The lowest BCUT2D eigenvalue weighted by atomic mass is 10.2. The number of nitrogens with two attached hydrogens (primary N) is 1. The third kappa shape index (κ3) is 1.87. The molecule has 0 saturated heterocycles. The van der Waals surface area contributed by atoms with E-state index < -0.39 is 23.4 Å². The number of carbonyl (C=O) groups is 1. The van der Waals surface area contributed by atoms with Crippen molar-refractivity contribution in [3.8, 4) is 0 Å². The van der Waals surface area contributed by atoms with Crippen LogP contribution in [0.15, 0.2) is 6.07 Å². The summed E-state index contributed by atoms with van der Waals surface area (Å²) in [6, 6.07) is 0.698. The van der Waals surface area contributed by atoms with Crippen LogP contribution in [-0.4, -0.2) is 16.1 Å². The number of halogens is 3. The smallest absolute Gasteiger partial charge is 0.418 e. The first kappa shape index (κ1) is 10.6. The highest BCUT2D eigenvalue weighted by molar-refractivity contribution is 5.87. The van der Waals surface area contributed by atoms with E-state index in [0.717, 1.165) is 0 Å². The Kier molecular flexibility index (Phi) is 2.52. The lowest BCUT2D eigenvalue weighted by Gasteiger charge is -2.03. The van der Waals surface area contributed by atoms with Gasteiger partial charge in [-0.25, -0.2) is 4.79 Å². The second-order valence-corrected chi connectivity index (χ2v) is 2.59. The normalized spacial score (nSPS) is 11.7. The van der Waals surface area contributed by atoms with Crippen LogP contribution in [0.25, 0.3) is 0 Å². The second-order valence-electron chi connectivity index (χ2n) is 2.59. The Morgan fingerprint density at radius 2 is 2.14 bits per heavy atom. The Balaban J connectivity index is 3.26. The Morgan fingerprint density at radius 3 is 2.43 bits per heavy atom. The Labute approximate surface area is 76.5 Å². The van der Waals surface area contributed by atoms with Gasteiger partial charge in [-0.3, -0.25) is 0 Å². The molecule has 0 aliphatic carbocycles. The van der Waals surface area contributed by atoms with E-state index in [1.807, 2.05) is 0 Å². The van der Waals surface area contributed by atoms with E-state index in [1.165, 1.54) is 0 Å². The van der Waals surface area contributed by atoms with E-state index in [-0.39, 0.29) is 12.2 Å². The molecule has 0 aromatic carbocycles. The molecule has 1 aromatic heterocycles. The fourth-order valence-corrected chi connectivity index (χ4v) is 1.01. The molecule has 1 aromatic rings. The number of aromatic amines is 1. The number of aromatic nitrogens is 1. The van der Waals surface area contributed by atoms with E-state index >= 15 is 0 Å². The van der Waals surface area contributed by atoms with Crippen molar-refractivity contribution in [2.45, 2.75) is 12.7 Å². The molecule has 1 rings (SSSR count). The van der Waals surface area contributed by atoms with Gasteiger partial charge in [-0.2, -0.15) is 13.2 Å². The fraction of sp³-hybridized carbons (Fsp3) is 0.286. The highest BCUT2D eigenvalue weighted by atomic mass is 19.4. The maximum Gasteiger partial charge on any atom is 0.418 e. The minimum atomic E-state index is -4.68. The number of aromatic carboxylic acids is 1. The molecule has 0 saturated carbocycles. The molecule has 4 N–H and O–H groups in total. The first-order valence-corrected chi connectivity index (χ1v) is 3.58. The van der Waals surface area contributed by atoms with Crippen molar-refractivity contribution >= 4 is 5.97 Å². The van der Waals surface area contributed by atoms with Crippen LogP contribution in [0, 0.1) is 0 Å².